The number of hydrogen-bond donors (Lipinski definition) is 1. The van der Waals surface area contributed by atoms with Crippen molar-refractivity contribution in [1.29, 1.82) is 0 Å². The molecule has 2 rings (SSSR count). The Balaban J connectivity index is 2.00. The van der Waals surface area contributed by atoms with Gasteiger partial charge in [0.05, 0.1) is 11.6 Å². The largest absolute Gasteiger partial charge is 0.496 e. The zero-order valence-electron chi connectivity index (χ0n) is 10.3. The average molecular weight is 296 g/mol. The van der Waals surface area contributed by atoms with E-state index in [1.807, 2.05) is 6.07 Å². The van der Waals surface area contributed by atoms with Gasteiger partial charge in [-0.1, -0.05) is 17.7 Å². The number of ether oxygens (including phenoxy) is 1. The van der Waals surface area contributed by atoms with Gasteiger partial charge in [-0.25, -0.2) is 0 Å². The van der Waals surface area contributed by atoms with Crippen molar-refractivity contribution >= 4 is 22.0 Å². The Morgan fingerprint density at radius 2 is 2.29 bits per heavy atom. The summed E-state index contributed by atoms with van der Waals surface area (Å²) in [6.07, 6.45) is 4.88. The van der Waals surface area contributed by atoms with E-state index in [1.54, 1.807) is 7.11 Å². The normalized spacial score (nSPS) is 16.1. The van der Waals surface area contributed by atoms with Crippen LogP contribution in [0.15, 0.2) is 28.2 Å². The standard InChI is InChI=1S/C14H18BrNO/c1-10(9-16-12-4-5-12)7-11-3-6-14(17-2)13(15)8-11/h3,6-8,12,16H,4-5,9H2,1-2H3. The lowest BCUT2D eigenvalue weighted by molar-refractivity contribution is 0.412. The second-order valence-electron chi connectivity index (χ2n) is 4.54. The van der Waals surface area contributed by atoms with Gasteiger partial charge in [-0.3, -0.25) is 0 Å². The number of rotatable bonds is 5. The maximum absolute atomic E-state index is 5.21. The fourth-order valence-electron chi connectivity index (χ4n) is 1.70. The number of nitrogens with one attached hydrogen (secondary N) is 1. The quantitative estimate of drug-likeness (QED) is 0.896. The molecule has 1 aliphatic carbocycles. The first-order valence-electron chi connectivity index (χ1n) is 5.93. The second kappa shape index (κ2) is 5.69. The molecule has 0 radical (unpaired) electrons. The third-order valence-electron chi connectivity index (χ3n) is 2.84. The van der Waals surface area contributed by atoms with Crippen LogP contribution in [0, 0.1) is 0 Å². The van der Waals surface area contributed by atoms with Gasteiger partial charge in [0.1, 0.15) is 5.75 Å². The van der Waals surface area contributed by atoms with Crippen LogP contribution in [-0.2, 0) is 0 Å². The summed E-state index contributed by atoms with van der Waals surface area (Å²) in [5.41, 5.74) is 2.56. The minimum absolute atomic E-state index is 0.765. The molecule has 0 bridgehead atoms. The van der Waals surface area contributed by atoms with Gasteiger partial charge in [-0.2, -0.15) is 0 Å². The van der Waals surface area contributed by atoms with Crippen molar-refractivity contribution in [2.75, 3.05) is 13.7 Å². The Labute approximate surface area is 111 Å². The van der Waals surface area contributed by atoms with Gasteiger partial charge in [0.25, 0.3) is 0 Å². The highest BCUT2D eigenvalue weighted by Gasteiger charge is 2.19. The van der Waals surface area contributed by atoms with Gasteiger partial charge in [0, 0.05) is 12.6 Å². The third-order valence-corrected chi connectivity index (χ3v) is 3.46. The summed E-state index contributed by atoms with van der Waals surface area (Å²) in [5, 5.41) is 3.51. The Bertz CT molecular complexity index is 424. The molecule has 3 heteroatoms. The molecule has 0 saturated heterocycles. The highest BCUT2D eigenvalue weighted by molar-refractivity contribution is 9.10. The molecule has 0 heterocycles. The first-order chi connectivity index (χ1) is 8.19. The summed E-state index contributed by atoms with van der Waals surface area (Å²) in [6, 6.07) is 6.90. The van der Waals surface area contributed by atoms with E-state index in [1.165, 1.54) is 24.0 Å². The molecule has 17 heavy (non-hydrogen) atoms. The molecule has 92 valence electrons. The molecule has 0 amide bonds. The van der Waals surface area contributed by atoms with Crippen LogP contribution >= 0.6 is 15.9 Å². The number of hydrogen-bond acceptors (Lipinski definition) is 2. The molecule has 0 spiro atoms. The van der Waals surface area contributed by atoms with Gasteiger partial charge in [-0.15, -0.1) is 0 Å². The summed E-state index contributed by atoms with van der Waals surface area (Å²) in [6.45, 7) is 3.14. The van der Waals surface area contributed by atoms with Crippen LogP contribution in [0.25, 0.3) is 6.08 Å². The van der Waals surface area contributed by atoms with Crippen LogP contribution in [0.4, 0.5) is 0 Å². The van der Waals surface area contributed by atoms with Crippen LogP contribution < -0.4 is 10.1 Å². The fraction of sp³-hybridized carbons (Fsp3) is 0.429. The molecule has 1 aromatic carbocycles. The van der Waals surface area contributed by atoms with E-state index >= 15 is 0 Å². The summed E-state index contributed by atoms with van der Waals surface area (Å²) in [5.74, 6) is 0.871. The SMILES string of the molecule is COc1ccc(C=C(C)CNC2CC2)cc1Br. The van der Waals surface area contributed by atoms with Gasteiger partial charge in [-0.05, 0) is 53.4 Å². The van der Waals surface area contributed by atoms with E-state index in [0.29, 0.717) is 0 Å². The van der Waals surface area contributed by atoms with Gasteiger partial charge >= 0.3 is 0 Å². The van der Waals surface area contributed by atoms with E-state index in [0.717, 1.165) is 22.8 Å². The first-order valence-corrected chi connectivity index (χ1v) is 6.72. The Kier molecular flexibility index (Phi) is 4.24. The smallest absolute Gasteiger partial charge is 0.133 e. The van der Waals surface area contributed by atoms with E-state index in [9.17, 15) is 0 Å². The molecular formula is C14H18BrNO. The molecule has 1 N–H and O–H groups in total. The van der Waals surface area contributed by atoms with E-state index in [2.05, 4.69) is 46.4 Å². The van der Waals surface area contributed by atoms with E-state index in [-0.39, 0.29) is 0 Å². The maximum atomic E-state index is 5.21. The lowest BCUT2D eigenvalue weighted by atomic mass is 10.1. The van der Waals surface area contributed by atoms with E-state index in [4.69, 9.17) is 4.74 Å². The van der Waals surface area contributed by atoms with Crippen molar-refractivity contribution in [1.82, 2.24) is 5.32 Å². The van der Waals surface area contributed by atoms with Crippen molar-refractivity contribution in [2.24, 2.45) is 0 Å². The molecule has 1 aliphatic rings. The molecule has 0 atom stereocenters. The molecule has 1 saturated carbocycles. The minimum atomic E-state index is 0.765. The Hall–Kier alpha value is -0.800. The Morgan fingerprint density at radius 1 is 1.53 bits per heavy atom. The number of halogens is 1. The van der Waals surface area contributed by atoms with Crippen LogP contribution in [0.3, 0.4) is 0 Å². The summed E-state index contributed by atoms with van der Waals surface area (Å²) < 4.78 is 6.21. The van der Waals surface area contributed by atoms with Crippen molar-refractivity contribution < 1.29 is 4.74 Å². The van der Waals surface area contributed by atoms with Gasteiger partial charge in [0.15, 0.2) is 0 Å². The maximum Gasteiger partial charge on any atom is 0.133 e. The van der Waals surface area contributed by atoms with Crippen molar-refractivity contribution in [2.45, 2.75) is 25.8 Å². The molecule has 1 aromatic rings. The van der Waals surface area contributed by atoms with E-state index < -0.39 is 0 Å². The second-order valence-corrected chi connectivity index (χ2v) is 5.39. The summed E-state index contributed by atoms with van der Waals surface area (Å²) in [7, 11) is 1.68. The van der Waals surface area contributed by atoms with Crippen LogP contribution in [0.2, 0.25) is 0 Å². The highest BCUT2D eigenvalue weighted by atomic mass is 79.9. The predicted octanol–water partition coefficient (Wildman–Crippen LogP) is 3.61. The summed E-state index contributed by atoms with van der Waals surface area (Å²) in [4.78, 5) is 0. The fourth-order valence-corrected chi connectivity index (χ4v) is 2.26. The molecular weight excluding hydrogens is 278 g/mol. The van der Waals surface area contributed by atoms with Gasteiger partial charge in [0.2, 0.25) is 0 Å². The van der Waals surface area contributed by atoms with Crippen molar-refractivity contribution in [3.63, 3.8) is 0 Å². The molecule has 0 aliphatic heterocycles. The average Bonchev–Trinajstić information content (AvgIpc) is 3.10. The molecule has 1 fully saturated rings. The lowest BCUT2D eigenvalue weighted by Crippen LogP contribution is -2.18. The Morgan fingerprint density at radius 3 is 2.88 bits per heavy atom. The van der Waals surface area contributed by atoms with Crippen LogP contribution in [0.5, 0.6) is 5.75 Å². The molecule has 0 aromatic heterocycles. The van der Waals surface area contributed by atoms with Gasteiger partial charge < -0.3 is 10.1 Å². The first kappa shape index (κ1) is 12.7. The van der Waals surface area contributed by atoms with Crippen molar-refractivity contribution in [3.8, 4) is 5.75 Å². The number of methoxy groups -OCH3 is 1. The topological polar surface area (TPSA) is 21.3 Å². The van der Waals surface area contributed by atoms with Crippen LogP contribution in [-0.4, -0.2) is 19.7 Å². The predicted molar refractivity (Wildman–Crippen MR) is 75.4 cm³/mol. The minimum Gasteiger partial charge on any atom is -0.496 e. The zero-order chi connectivity index (χ0) is 12.3. The molecule has 0 unspecified atom stereocenters. The monoisotopic (exact) mass is 295 g/mol. The zero-order valence-corrected chi connectivity index (χ0v) is 11.9. The molecule has 2 nitrogen and oxygen atoms in total. The highest BCUT2D eigenvalue weighted by Crippen LogP contribution is 2.26. The third kappa shape index (κ3) is 3.86. The lowest BCUT2D eigenvalue weighted by Gasteiger charge is -2.06. The number of benzene rings is 1. The van der Waals surface area contributed by atoms with Crippen LogP contribution in [0.1, 0.15) is 25.3 Å². The summed E-state index contributed by atoms with van der Waals surface area (Å²) >= 11 is 3.50. The van der Waals surface area contributed by atoms with Crippen molar-refractivity contribution in [3.05, 3.63) is 33.8 Å².